The van der Waals surface area contributed by atoms with E-state index in [0.29, 0.717) is 22.6 Å². The zero-order chi connectivity index (χ0) is 17.3. The zero-order valence-electron chi connectivity index (χ0n) is 13.6. The topological polar surface area (TPSA) is 75.6 Å². The summed E-state index contributed by atoms with van der Waals surface area (Å²) in [5.74, 6) is -0.223. The van der Waals surface area contributed by atoms with Gasteiger partial charge in [0.15, 0.2) is 11.4 Å². The van der Waals surface area contributed by atoms with E-state index in [1.165, 1.54) is 0 Å². The molecule has 0 aromatic heterocycles. The van der Waals surface area contributed by atoms with E-state index in [2.05, 4.69) is 5.32 Å². The number of Topliss-reactive ketones (excluding diaryl/α,β-unsaturated/α-hetero) is 1. The van der Waals surface area contributed by atoms with Crippen LogP contribution in [-0.2, 0) is 16.8 Å². The predicted octanol–water partition coefficient (Wildman–Crippen LogP) is 2.67. The molecule has 3 rings (SSSR count). The average molecular weight is 325 g/mol. The second-order valence-corrected chi connectivity index (χ2v) is 5.88. The van der Waals surface area contributed by atoms with Gasteiger partial charge in [-0.1, -0.05) is 19.1 Å². The van der Waals surface area contributed by atoms with Gasteiger partial charge in [0, 0.05) is 16.8 Å². The van der Waals surface area contributed by atoms with Crippen LogP contribution in [0.3, 0.4) is 0 Å². The van der Waals surface area contributed by atoms with Crippen LogP contribution >= 0.6 is 0 Å². The van der Waals surface area contributed by atoms with E-state index >= 15 is 0 Å². The van der Waals surface area contributed by atoms with Crippen molar-refractivity contribution in [3.63, 3.8) is 0 Å². The highest BCUT2D eigenvalue weighted by atomic mass is 16.5. The Morgan fingerprint density at radius 3 is 2.54 bits per heavy atom. The van der Waals surface area contributed by atoms with Crippen molar-refractivity contribution < 1.29 is 19.4 Å². The first-order chi connectivity index (χ1) is 11.5. The monoisotopic (exact) mass is 325 g/mol. The number of ether oxygens (including phenoxy) is 1. The van der Waals surface area contributed by atoms with Crippen molar-refractivity contribution >= 4 is 17.4 Å². The number of nitrogens with one attached hydrogen (secondary N) is 1. The van der Waals surface area contributed by atoms with Crippen LogP contribution in [0.2, 0.25) is 0 Å². The summed E-state index contributed by atoms with van der Waals surface area (Å²) in [7, 11) is 1.55. The first-order valence-electron chi connectivity index (χ1n) is 7.82. The Kier molecular flexibility index (Phi) is 4.11. The molecule has 0 spiro atoms. The molecule has 2 aromatic carbocycles. The highest BCUT2D eigenvalue weighted by Crippen LogP contribution is 2.39. The van der Waals surface area contributed by atoms with E-state index in [1.807, 2.05) is 13.0 Å². The highest BCUT2D eigenvalue weighted by Gasteiger charge is 2.46. The minimum absolute atomic E-state index is 0.300. The summed E-state index contributed by atoms with van der Waals surface area (Å²) in [6.45, 7) is 1.99. The molecule has 0 saturated heterocycles. The molecule has 1 unspecified atom stereocenters. The Morgan fingerprint density at radius 2 is 1.92 bits per heavy atom. The molecule has 0 bridgehead atoms. The van der Waals surface area contributed by atoms with Gasteiger partial charge in [0.2, 0.25) is 0 Å². The van der Waals surface area contributed by atoms with Crippen molar-refractivity contribution in [1.82, 2.24) is 0 Å². The molecule has 0 fully saturated rings. The van der Waals surface area contributed by atoms with Crippen molar-refractivity contribution in [3.05, 3.63) is 59.2 Å². The normalized spacial score (nSPS) is 18.9. The Bertz CT molecular complexity index is 798. The van der Waals surface area contributed by atoms with Crippen molar-refractivity contribution in [2.24, 2.45) is 0 Å². The fraction of sp³-hybridized carbons (Fsp3) is 0.263. The maximum absolute atomic E-state index is 12.5. The number of methoxy groups -OCH3 is 1. The van der Waals surface area contributed by atoms with Crippen LogP contribution in [0.25, 0.3) is 0 Å². The molecule has 124 valence electrons. The summed E-state index contributed by atoms with van der Waals surface area (Å²) in [4.78, 5) is 24.8. The quantitative estimate of drug-likeness (QED) is 0.829. The van der Waals surface area contributed by atoms with E-state index in [0.717, 1.165) is 12.0 Å². The first-order valence-corrected chi connectivity index (χ1v) is 7.82. The summed E-state index contributed by atoms with van der Waals surface area (Å²) in [6.07, 6.45) is 0.481. The highest BCUT2D eigenvalue weighted by molar-refractivity contribution is 6.09. The number of fused-ring (bicyclic) bond motifs is 1. The maximum Gasteiger partial charge on any atom is 0.261 e. The van der Waals surface area contributed by atoms with Gasteiger partial charge in [-0.15, -0.1) is 0 Å². The summed E-state index contributed by atoms with van der Waals surface area (Å²) < 4.78 is 5.07. The summed E-state index contributed by atoms with van der Waals surface area (Å²) in [5, 5.41) is 13.6. The van der Waals surface area contributed by atoms with Crippen molar-refractivity contribution in [2.75, 3.05) is 12.4 Å². The van der Waals surface area contributed by atoms with Gasteiger partial charge in [-0.2, -0.15) is 0 Å². The number of hydrogen-bond donors (Lipinski definition) is 2. The average Bonchev–Trinajstić information content (AvgIpc) is 2.85. The molecule has 0 aliphatic carbocycles. The molecule has 0 saturated carbocycles. The summed E-state index contributed by atoms with van der Waals surface area (Å²) >= 11 is 0. The lowest BCUT2D eigenvalue weighted by Crippen LogP contribution is -2.36. The van der Waals surface area contributed by atoms with Gasteiger partial charge in [-0.3, -0.25) is 9.59 Å². The molecule has 24 heavy (non-hydrogen) atoms. The second-order valence-electron chi connectivity index (χ2n) is 5.88. The minimum atomic E-state index is -1.84. The molecule has 5 nitrogen and oxygen atoms in total. The van der Waals surface area contributed by atoms with Crippen molar-refractivity contribution in [2.45, 2.75) is 25.4 Å². The molecule has 1 aliphatic rings. The Labute approximate surface area is 140 Å². The lowest BCUT2D eigenvalue weighted by atomic mass is 9.87. The molecule has 5 heteroatoms. The number of hydrogen-bond acceptors (Lipinski definition) is 4. The van der Waals surface area contributed by atoms with Gasteiger partial charge in [0.05, 0.1) is 13.5 Å². The number of aliphatic hydroxyl groups is 1. The van der Waals surface area contributed by atoms with Gasteiger partial charge in [-0.25, -0.2) is 0 Å². The largest absolute Gasteiger partial charge is 0.497 e. The fourth-order valence-corrected chi connectivity index (χ4v) is 2.90. The van der Waals surface area contributed by atoms with Gasteiger partial charge < -0.3 is 15.2 Å². The second kappa shape index (κ2) is 6.09. The Hall–Kier alpha value is -2.66. The lowest BCUT2D eigenvalue weighted by molar-refractivity contribution is -0.133. The van der Waals surface area contributed by atoms with Crippen LogP contribution in [0, 0.1) is 0 Å². The van der Waals surface area contributed by atoms with E-state index in [9.17, 15) is 14.7 Å². The third-order valence-corrected chi connectivity index (χ3v) is 4.39. The van der Waals surface area contributed by atoms with Gasteiger partial charge >= 0.3 is 0 Å². The SMILES string of the molecule is CCc1ccc2c(c1)C(O)(CC(=O)c1ccc(OC)cc1)C(=O)N2. The molecular formula is C19H19NO4. The minimum Gasteiger partial charge on any atom is -0.497 e. The van der Waals surface area contributed by atoms with Crippen LogP contribution in [0.15, 0.2) is 42.5 Å². The van der Waals surface area contributed by atoms with Crippen LogP contribution in [0.4, 0.5) is 5.69 Å². The summed E-state index contributed by atoms with van der Waals surface area (Å²) in [5.41, 5.74) is 0.617. The number of aryl methyl sites for hydroxylation is 1. The number of ketones is 1. The molecule has 1 atom stereocenters. The van der Waals surface area contributed by atoms with Crippen LogP contribution in [0.1, 0.15) is 34.8 Å². The molecule has 0 radical (unpaired) electrons. The molecular weight excluding hydrogens is 306 g/mol. The molecule has 1 heterocycles. The van der Waals surface area contributed by atoms with E-state index < -0.39 is 11.5 Å². The third-order valence-electron chi connectivity index (χ3n) is 4.39. The lowest BCUT2D eigenvalue weighted by Gasteiger charge is -2.20. The Morgan fingerprint density at radius 1 is 1.21 bits per heavy atom. The molecule has 1 aliphatic heterocycles. The number of rotatable bonds is 5. The first kappa shape index (κ1) is 16.2. The van der Waals surface area contributed by atoms with Gasteiger partial charge in [0.25, 0.3) is 5.91 Å². The third kappa shape index (κ3) is 2.67. The number of carbonyl (C=O) groups excluding carboxylic acids is 2. The standard InChI is InChI=1S/C19H19NO4/c1-3-12-4-9-16-15(10-12)19(23,18(22)20-16)11-17(21)13-5-7-14(24-2)8-6-13/h4-10,23H,3,11H2,1-2H3,(H,20,22). The van der Waals surface area contributed by atoms with Crippen molar-refractivity contribution in [1.29, 1.82) is 0 Å². The number of carbonyl (C=O) groups is 2. The maximum atomic E-state index is 12.5. The smallest absolute Gasteiger partial charge is 0.261 e. The van der Waals surface area contributed by atoms with E-state index in [1.54, 1.807) is 43.5 Å². The van der Waals surface area contributed by atoms with Crippen LogP contribution in [-0.4, -0.2) is 23.9 Å². The number of amides is 1. The number of anilines is 1. The van der Waals surface area contributed by atoms with Gasteiger partial charge in [-0.05, 0) is 42.3 Å². The van der Waals surface area contributed by atoms with Gasteiger partial charge in [0.1, 0.15) is 5.75 Å². The van der Waals surface area contributed by atoms with Crippen LogP contribution < -0.4 is 10.1 Å². The number of benzene rings is 2. The zero-order valence-corrected chi connectivity index (χ0v) is 13.6. The van der Waals surface area contributed by atoms with E-state index in [4.69, 9.17) is 4.74 Å². The molecule has 2 aromatic rings. The Balaban J connectivity index is 1.91. The van der Waals surface area contributed by atoms with E-state index in [-0.39, 0.29) is 12.2 Å². The van der Waals surface area contributed by atoms with Crippen LogP contribution in [0.5, 0.6) is 5.75 Å². The predicted molar refractivity (Wildman–Crippen MR) is 90.3 cm³/mol. The molecule has 2 N–H and O–H groups in total. The van der Waals surface area contributed by atoms with Crippen molar-refractivity contribution in [3.8, 4) is 5.75 Å². The fourth-order valence-electron chi connectivity index (χ4n) is 2.90. The molecule has 1 amide bonds. The summed E-state index contributed by atoms with van der Waals surface area (Å²) in [6, 6.07) is 12.1.